The quantitative estimate of drug-likeness (QED) is 0.621. The van der Waals surface area contributed by atoms with Crippen molar-refractivity contribution in [3.05, 3.63) is 29.8 Å². The van der Waals surface area contributed by atoms with E-state index in [1.807, 2.05) is 7.05 Å². The standard InChI is InChI=1S/C13H19N3O2/c1-4-10(2)9-16(3)15-14-12-7-5-11(6-8-12)13(17)18/h5-8,10H,4,9H2,1-3H3,(H,17,18)/t10-/m0/s1. The lowest BCUT2D eigenvalue weighted by molar-refractivity contribution is 0.0697. The molecule has 0 amide bonds. The molecule has 5 nitrogen and oxygen atoms in total. The molecule has 1 aromatic carbocycles. The summed E-state index contributed by atoms with van der Waals surface area (Å²) in [4.78, 5) is 10.7. The van der Waals surface area contributed by atoms with Crippen molar-refractivity contribution in [2.45, 2.75) is 20.3 Å². The predicted octanol–water partition coefficient (Wildman–Crippen LogP) is 3.36. The summed E-state index contributed by atoms with van der Waals surface area (Å²) in [6, 6.07) is 6.32. The van der Waals surface area contributed by atoms with Crippen LogP contribution in [0.15, 0.2) is 34.6 Å². The molecule has 0 radical (unpaired) electrons. The van der Waals surface area contributed by atoms with Gasteiger partial charge in [0.15, 0.2) is 0 Å². The number of aromatic carboxylic acids is 1. The van der Waals surface area contributed by atoms with E-state index in [0.29, 0.717) is 11.6 Å². The Labute approximate surface area is 107 Å². The maximum absolute atomic E-state index is 10.7. The van der Waals surface area contributed by atoms with E-state index in [1.165, 1.54) is 12.1 Å². The lowest BCUT2D eigenvalue weighted by atomic mass is 10.1. The number of rotatable bonds is 6. The van der Waals surface area contributed by atoms with Crippen LogP contribution in [0.3, 0.4) is 0 Å². The first-order chi connectivity index (χ1) is 8.52. The van der Waals surface area contributed by atoms with Gasteiger partial charge in [-0.05, 0) is 30.2 Å². The second-order valence-electron chi connectivity index (χ2n) is 4.40. The monoisotopic (exact) mass is 249 g/mol. The maximum Gasteiger partial charge on any atom is 0.335 e. The Morgan fingerprint density at radius 1 is 1.39 bits per heavy atom. The Morgan fingerprint density at radius 3 is 2.50 bits per heavy atom. The fourth-order valence-corrected chi connectivity index (χ4v) is 1.42. The number of carbonyl (C=O) groups is 1. The molecule has 1 rings (SSSR count). The Morgan fingerprint density at radius 2 is 2.00 bits per heavy atom. The molecule has 1 N–H and O–H groups in total. The van der Waals surface area contributed by atoms with E-state index in [9.17, 15) is 4.79 Å². The van der Waals surface area contributed by atoms with Crippen LogP contribution in [0.2, 0.25) is 0 Å². The van der Waals surface area contributed by atoms with E-state index < -0.39 is 5.97 Å². The molecule has 5 heteroatoms. The third-order valence-electron chi connectivity index (χ3n) is 2.70. The number of nitrogens with zero attached hydrogens (tertiary/aromatic N) is 3. The molecule has 0 heterocycles. The molecule has 0 aliphatic carbocycles. The minimum atomic E-state index is -0.938. The first-order valence-corrected chi connectivity index (χ1v) is 5.99. The summed E-state index contributed by atoms with van der Waals surface area (Å²) in [5, 5.41) is 18.7. The highest BCUT2D eigenvalue weighted by atomic mass is 16.4. The van der Waals surface area contributed by atoms with Gasteiger partial charge in [-0.15, -0.1) is 5.11 Å². The molecule has 0 aliphatic heterocycles. The number of carboxylic acids is 1. The summed E-state index contributed by atoms with van der Waals surface area (Å²) in [5.74, 6) is -0.365. The van der Waals surface area contributed by atoms with Crippen LogP contribution in [0.25, 0.3) is 0 Å². The van der Waals surface area contributed by atoms with Crippen molar-refractivity contribution >= 4 is 11.7 Å². The van der Waals surface area contributed by atoms with Gasteiger partial charge in [0, 0.05) is 13.6 Å². The molecule has 98 valence electrons. The normalized spacial score (nSPS) is 12.6. The second-order valence-corrected chi connectivity index (χ2v) is 4.40. The zero-order valence-corrected chi connectivity index (χ0v) is 11.0. The van der Waals surface area contributed by atoms with Gasteiger partial charge in [0.25, 0.3) is 0 Å². The van der Waals surface area contributed by atoms with Crippen molar-refractivity contribution in [3.63, 3.8) is 0 Å². The third kappa shape index (κ3) is 4.53. The lowest BCUT2D eigenvalue weighted by Crippen LogP contribution is -2.17. The van der Waals surface area contributed by atoms with E-state index >= 15 is 0 Å². The molecular formula is C13H19N3O2. The van der Waals surface area contributed by atoms with Crippen molar-refractivity contribution in [3.8, 4) is 0 Å². The largest absolute Gasteiger partial charge is 0.478 e. The molecular weight excluding hydrogens is 230 g/mol. The van der Waals surface area contributed by atoms with Crippen LogP contribution in [0.4, 0.5) is 5.69 Å². The van der Waals surface area contributed by atoms with Crippen LogP contribution < -0.4 is 0 Å². The number of carboxylic acid groups (broad SMARTS) is 1. The molecule has 1 atom stereocenters. The molecule has 0 aromatic heterocycles. The summed E-state index contributed by atoms with van der Waals surface area (Å²) in [6.07, 6.45) is 1.10. The summed E-state index contributed by atoms with van der Waals surface area (Å²) < 4.78 is 0. The summed E-state index contributed by atoms with van der Waals surface area (Å²) in [6.45, 7) is 5.15. The van der Waals surface area contributed by atoms with E-state index in [1.54, 1.807) is 17.1 Å². The first kappa shape index (κ1) is 14.2. The predicted molar refractivity (Wildman–Crippen MR) is 70.0 cm³/mol. The molecule has 1 aromatic rings. The van der Waals surface area contributed by atoms with Gasteiger partial charge in [0.2, 0.25) is 0 Å². The molecule has 18 heavy (non-hydrogen) atoms. The minimum Gasteiger partial charge on any atom is -0.478 e. The second kappa shape index (κ2) is 6.74. The Balaban J connectivity index is 2.58. The van der Waals surface area contributed by atoms with Crippen molar-refractivity contribution < 1.29 is 9.90 Å². The third-order valence-corrected chi connectivity index (χ3v) is 2.70. The first-order valence-electron chi connectivity index (χ1n) is 5.99. The zero-order valence-electron chi connectivity index (χ0n) is 11.0. The highest BCUT2D eigenvalue weighted by molar-refractivity contribution is 5.87. The van der Waals surface area contributed by atoms with Gasteiger partial charge in [-0.2, -0.15) is 0 Å². The minimum absolute atomic E-state index is 0.252. The fraction of sp³-hybridized carbons (Fsp3) is 0.462. The van der Waals surface area contributed by atoms with Gasteiger partial charge < -0.3 is 5.11 Å². The van der Waals surface area contributed by atoms with Gasteiger partial charge in [-0.3, -0.25) is 5.01 Å². The van der Waals surface area contributed by atoms with Gasteiger partial charge in [0.05, 0.1) is 11.3 Å². The Hall–Kier alpha value is -1.91. The number of hydrogen-bond acceptors (Lipinski definition) is 3. The SMILES string of the molecule is CC[C@H](C)CN(C)N=Nc1ccc(C(=O)O)cc1. The van der Waals surface area contributed by atoms with E-state index in [-0.39, 0.29) is 5.56 Å². The molecule has 0 saturated carbocycles. The topological polar surface area (TPSA) is 65.3 Å². The van der Waals surface area contributed by atoms with Gasteiger partial charge in [-0.1, -0.05) is 25.5 Å². The summed E-state index contributed by atoms with van der Waals surface area (Å²) >= 11 is 0. The molecule has 0 fully saturated rings. The Bertz CT molecular complexity index is 415. The Kier molecular flexibility index (Phi) is 5.30. The van der Waals surface area contributed by atoms with Crippen LogP contribution in [-0.2, 0) is 0 Å². The van der Waals surface area contributed by atoms with Crippen LogP contribution in [-0.4, -0.2) is 29.7 Å². The number of hydrogen-bond donors (Lipinski definition) is 1. The van der Waals surface area contributed by atoms with E-state index in [0.717, 1.165) is 13.0 Å². The van der Waals surface area contributed by atoms with E-state index in [2.05, 4.69) is 24.2 Å². The van der Waals surface area contributed by atoms with Crippen molar-refractivity contribution in [1.29, 1.82) is 0 Å². The van der Waals surface area contributed by atoms with Crippen LogP contribution in [0.1, 0.15) is 30.6 Å². The van der Waals surface area contributed by atoms with E-state index in [4.69, 9.17) is 5.11 Å². The number of benzene rings is 1. The smallest absolute Gasteiger partial charge is 0.335 e. The molecule has 0 bridgehead atoms. The molecule has 0 spiro atoms. The van der Waals surface area contributed by atoms with Crippen LogP contribution in [0, 0.1) is 5.92 Å². The average Bonchev–Trinajstić information content (AvgIpc) is 2.36. The average molecular weight is 249 g/mol. The summed E-state index contributed by atoms with van der Waals surface area (Å²) in [7, 11) is 1.88. The van der Waals surface area contributed by atoms with Crippen molar-refractivity contribution in [1.82, 2.24) is 5.01 Å². The van der Waals surface area contributed by atoms with Crippen molar-refractivity contribution in [2.24, 2.45) is 16.3 Å². The molecule has 0 unspecified atom stereocenters. The molecule has 0 aliphatic rings. The maximum atomic E-state index is 10.7. The van der Waals surface area contributed by atoms with Gasteiger partial charge in [0.1, 0.15) is 0 Å². The highest BCUT2D eigenvalue weighted by Gasteiger charge is 2.03. The van der Waals surface area contributed by atoms with Crippen LogP contribution in [0.5, 0.6) is 0 Å². The van der Waals surface area contributed by atoms with Crippen LogP contribution >= 0.6 is 0 Å². The van der Waals surface area contributed by atoms with Gasteiger partial charge >= 0.3 is 5.97 Å². The zero-order chi connectivity index (χ0) is 13.5. The fourth-order valence-electron chi connectivity index (χ4n) is 1.42. The molecule has 0 saturated heterocycles. The highest BCUT2D eigenvalue weighted by Crippen LogP contribution is 2.14. The van der Waals surface area contributed by atoms with Crippen molar-refractivity contribution in [2.75, 3.05) is 13.6 Å². The summed E-state index contributed by atoms with van der Waals surface area (Å²) in [5.41, 5.74) is 0.901. The lowest BCUT2D eigenvalue weighted by Gasteiger charge is -2.15. The van der Waals surface area contributed by atoms with Gasteiger partial charge in [-0.25, -0.2) is 4.79 Å².